The Hall–Kier alpha value is -1.03. The first kappa shape index (κ1) is 14.4. The van der Waals surface area contributed by atoms with Gasteiger partial charge in [-0.3, -0.25) is 4.90 Å². The molecule has 0 spiro atoms. The summed E-state index contributed by atoms with van der Waals surface area (Å²) in [5.74, 6) is 0.374. The summed E-state index contributed by atoms with van der Waals surface area (Å²) in [4.78, 5) is 3.40. The van der Waals surface area contributed by atoms with Gasteiger partial charge < -0.3 is 5.11 Å². The molecule has 0 bridgehead atoms. The van der Waals surface area contributed by atoms with Crippen LogP contribution < -0.4 is 0 Å². The standard InChI is InChI=1S/C15H18ClNOS/c1-10-6-12(14(18)7-11(10)2)8-17(3)9-13-4-5-15(16)19-13/h4-7,18H,8-9H2,1-3H3. The van der Waals surface area contributed by atoms with Crippen molar-refractivity contribution in [1.29, 1.82) is 0 Å². The number of hydrogen-bond acceptors (Lipinski definition) is 3. The van der Waals surface area contributed by atoms with Gasteiger partial charge >= 0.3 is 0 Å². The van der Waals surface area contributed by atoms with Crippen molar-refractivity contribution in [3.63, 3.8) is 0 Å². The molecule has 4 heteroatoms. The predicted molar refractivity (Wildman–Crippen MR) is 82.1 cm³/mol. The molecule has 0 fully saturated rings. The lowest BCUT2D eigenvalue weighted by Crippen LogP contribution is -2.16. The van der Waals surface area contributed by atoms with Gasteiger partial charge in [0.2, 0.25) is 0 Å². The normalized spacial score (nSPS) is 11.2. The van der Waals surface area contributed by atoms with E-state index < -0.39 is 0 Å². The Morgan fingerprint density at radius 3 is 2.47 bits per heavy atom. The second-order valence-electron chi connectivity index (χ2n) is 4.94. The molecular weight excluding hydrogens is 278 g/mol. The van der Waals surface area contributed by atoms with Crippen LogP contribution in [0, 0.1) is 13.8 Å². The first-order chi connectivity index (χ1) is 8.95. The molecule has 1 aromatic heterocycles. The van der Waals surface area contributed by atoms with Crippen molar-refractivity contribution in [1.82, 2.24) is 4.90 Å². The molecule has 2 aromatic rings. The number of aromatic hydroxyl groups is 1. The molecule has 1 aromatic carbocycles. The third-order valence-corrected chi connectivity index (χ3v) is 4.41. The molecule has 0 aliphatic heterocycles. The van der Waals surface area contributed by atoms with Crippen LogP contribution in [0.1, 0.15) is 21.6 Å². The summed E-state index contributed by atoms with van der Waals surface area (Å²) in [5, 5.41) is 9.99. The number of halogens is 1. The van der Waals surface area contributed by atoms with Crippen LogP contribution in [0.25, 0.3) is 0 Å². The van der Waals surface area contributed by atoms with Gasteiger partial charge in [0.1, 0.15) is 5.75 Å². The smallest absolute Gasteiger partial charge is 0.120 e. The van der Waals surface area contributed by atoms with E-state index in [2.05, 4.69) is 17.9 Å². The molecule has 19 heavy (non-hydrogen) atoms. The number of thiophene rings is 1. The van der Waals surface area contributed by atoms with Crippen molar-refractivity contribution in [3.05, 3.63) is 50.2 Å². The number of aryl methyl sites for hydroxylation is 2. The van der Waals surface area contributed by atoms with Crippen molar-refractivity contribution < 1.29 is 5.11 Å². The molecule has 2 nitrogen and oxygen atoms in total. The summed E-state index contributed by atoms with van der Waals surface area (Å²) in [5.41, 5.74) is 3.29. The summed E-state index contributed by atoms with van der Waals surface area (Å²) in [6.45, 7) is 5.64. The zero-order valence-electron chi connectivity index (χ0n) is 11.4. The minimum absolute atomic E-state index is 0.374. The highest BCUT2D eigenvalue weighted by atomic mass is 35.5. The molecule has 0 unspecified atom stereocenters. The second-order valence-corrected chi connectivity index (χ2v) is 6.74. The number of phenols is 1. The maximum atomic E-state index is 9.99. The second kappa shape index (κ2) is 5.95. The zero-order chi connectivity index (χ0) is 14.0. The third kappa shape index (κ3) is 3.72. The van der Waals surface area contributed by atoms with E-state index in [0.29, 0.717) is 5.75 Å². The van der Waals surface area contributed by atoms with Crippen LogP contribution in [-0.2, 0) is 13.1 Å². The Morgan fingerprint density at radius 1 is 1.16 bits per heavy atom. The molecule has 1 N–H and O–H groups in total. The number of rotatable bonds is 4. The molecule has 1 heterocycles. The lowest BCUT2D eigenvalue weighted by molar-refractivity contribution is 0.315. The van der Waals surface area contributed by atoms with Crippen LogP contribution >= 0.6 is 22.9 Å². The number of nitrogens with zero attached hydrogens (tertiary/aromatic N) is 1. The van der Waals surface area contributed by atoms with Gasteiger partial charge in [-0.1, -0.05) is 17.7 Å². The Balaban J connectivity index is 2.06. The van der Waals surface area contributed by atoms with Crippen molar-refractivity contribution in [3.8, 4) is 5.75 Å². The number of benzene rings is 1. The van der Waals surface area contributed by atoms with Crippen molar-refractivity contribution in [2.24, 2.45) is 0 Å². The van der Waals surface area contributed by atoms with Crippen molar-refractivity contribution >= 4 is 22.9 Å². The maximum absolute atomic E-state index is 9.99. The molecule has 0 atom stereocenters. The quantitative estimate of drug-likeness (QED) is 0.906. The number of phenolic OH excluding ortho intramolecular Hbond substituents is 1. The molecule has 0 aliphatic rings. The summed E-state index contributed by atoms with van der Waals surface area (Å²) in [7, 11) is 2.04. The molecule has 102 valence electrons. The number of hydrogen-bond donors (Lipinski definition) is 1. The van der Waals surface area contributed by atoms with Gasteiger partial charge in [0.25, 0.3) is 0 Å². The lowest BCUT2D eigenvalue weighted by atomic mass is 10.0. The van der Waals surface area contributed by atoms with Gasteiger partial charge in [-0.15, -0.1) is 11.3 Å². The van der Waals surface area contributed by atoms with Crippen LogP contribution in [-0.4, -0.2) is 17.1 Å². The minimum Gasteiger partial charge on any atom is -0.508 e. The largest absolute Gasteiger partial charge is 0.508 e. The third-order valence-electron chi connectivity index (χ3n) is 3.19. The van der Waals surface area contributed by atoms with E-state index >= 15 is 0 Å². The highest BCUT2D eigenvalue weighted by Gasteiger charge is 2.09. The predicted octanol–water partition coefficient (Wildman–Crippen LogP) is 4.36. The Bertz CT molecular complexity index is 580. The molecule has 0 aliphatic carbocycles. The monoisotopic (exact) mass is 295 g/mol. The summed E-state index contributed by atoms with van der Waals surface area (Å²) in [6, 6.07) is 7.86. The Kier molecular flexibility index (Phi) is 4.50. The fraction of sp³-hybridized carbons (Fsp3) is 0.333. The lowest BCUT2D eigenvalue weighted by Gasteiger charge is -2.17. The van der Waals surface area contributed by atoms with Gasteiger partial charge in [-0.2, -0.15) is 0 Å². The molecule has 0 amide bonds. The summed E-state index contributed by atoms with van der Waals surface area (Å²) < 4.78 is 0.817. The van der Waals surface area contributed by atoms with Gasteiger partial charge in [-0.25, -0.2) is 0 Å². The van der Waals surface area contributed by atoms with E-state index in [4.69, 9.17) is 11.6 Å². The van der Waals surface area contributed by atoms with E-state index in [9.17, 15) is 5.11 Å². The Labute approximate surface area is 123 Å². The van der Waals surface area contributed by atoms with Crippen molar-refractivity contribution in [2.45, 2.75) is 26.9 Å². The summed E-state index contributed by atoms with van der Waals surface area (Å²) >= 11 is 7.53. The van der Waals surface area contributed by atoms with Crippen LogP contribution in [0.5, 0.6) is 5.75 Å². The SMILES string of the molecule is Cc1cc(O)c(CN(C)Cc2ccc(Cl)s2)cc1C. The molecular formula is C15H18ClNOS. The summed E-state index contributed by atoms with van der Waals surface area (Å²) in [6.07, 6.45) is 0. The Morgan fingerprint density at radius 2 is 1.84 bits per heavy atom. The fourth-order valence-corrected chi connectivity index (χ4v) is 3.20. The maximum Gasteiger partial charge on any atom is 0.120 e. The van der Waals surface area contributed by atoms with E-state index in [1.807, 2.05) is 32.2 Å². The highest BCUT2D eigenvalue weighted by molar-refractivity contribution is 7.16. The van der Waals surface area contributed by atoms with Gasteiger partial charge in [0.15, 0.2) is 0 Å². The average Bonchev–Trinajstić information content (AvgIpc) is 2.71. The first-order valence-electron chi connectivity index (χ1n) is 6.17. The minimum atomic E-state index is 0.374. The van der Waals surface area contributed by atoms with Crippen molar-refractivity contribution in [2.75, 3.05) is 7.05 Å². The molecule has 0 radical (unpaired) electrons. The van der Waals surface area contributed by atoms with E-state index in [0.717, 1.165) is 28.6 Å². The molecule has 0 saturated heterocycles. The van der Waals surface area contributed by atoms with Crippen LogP contribution in [0.4, 0.5) is 0 Å². The first-order valence-corrected chi connectivity index (χ1v) is 7.37. The van der Waals surface area contributed by atoms with Gasteiger partial charge in [-0.05, 0) is 50.2 Å². The average molecular weight is 296 g/mol. The van der Waals surface area contributed by atoms with Gasteiger partial charge in [0.05, 0.1) is 4.34 Å². The molecule has 2 rings (SSSR count). The van der Waals surface area contributed by atoms with Crippen LogP contribution in [0.15, 0.2) is 24.3 Å². The van der Waals surface area contributed by atoms with Crippen LogP contribution in [0.2, 0.25) is 4.34 Å². The van der Waals surface area contributed by atoms with Gasteiger partial charge in [0, 0.05) is 23.5 Å². The van der Waals surface area contributed by atoms with E-state index in [-0.39, 0.29) is 0 Å². The molecule has 0 saturated carbocycles. The topological polar surface area (TPSA) is 23.5 Å². The fourth-order valence-electron chi connectivity index (χ4n) is 2.04. The zero-order valence-corrected chi connectivity index (χ0v) is 13.0. The van der Waals surface area contributed by atoms with E-state index in [1.54, 1.807) is 11.3 Å². The van der Waals surface area contributed by atoms with E-state index in [1.165, 1.54) is 10.4 Å². The van der Waals surface area contributed by atoms with Crippen LogP contribution in [0.3, 0.4) is 0 Å². The highest BCUT2D eigenvalue weighted by Crippen LogP contribution is 2.25.